The number of β-amino-alcohol motifs (C(OH)–C–C–N with tert-alkyl or cyclic N) is 1. The van der Waals surface area contributed by atoms with E-state index in [4.69, 9.17) is 0 Å². The van der Waals surface area contributed by atoms with Crippen molar-refractivity contribution in [1.29, 1.82) is 0 Å². The SMILES string of the molecule is CN(C1CCCCC1)S(=O)(=O)N1CCN(C(=O)C2CC(O)CN2)CC1. The van der Waals surface area contributed by atoms with E-state index < -0.39 is 16.3 Å². The predicted octanol–water partition coefficient (Wildman–Crippen LogP) is -0.637. The van der Waals surface area contributed by atoms with E-state index in [2.05, 4.69) is 5.32 Å². The minimum atomic E-state index is -3.47. The maximum absolute atomic E-state index is 12.9. The van der Waals surface area contributed by atoms with Crippen molar-refractivity contribution in [3.05, 3.63) is 0 Å². The molecule has 2 aliphatic heterocycles. The van der Waals surface area contributed by atoms with Crippen LogP contribution in [0.5, 0.6) is 0 Å². The predicted molar refractivity (Wildman–Crippen MR) is 94.1 cm³/mol. The van der Waals surface area contributed by atoms with Crippen LogP contribution >= 0.6 is 0 Å². The normalized spacial score (nSPS) is 30.1. The van der Waals surface area contributed by atoms with Crippen LogP contribution in [0, 0.1) is 0 Å². The third kappa shape index (κ3) is 4.16. The lowest BCUT2D eigenvalue weighted by atomic mass is 9.96. The third-order valence-corrected chi connectivity index (χ3v) is 7.78. The van der Waals surface area contributed by atoms with Crippen LogP contribution in [0.2, 0.25) is 0 Å². The van der Waals surface area contributed by atoms with Crippen LogP contribution in [-0.2, 0) is 15.0 Å². The van der Waals surface area contributed by atoms with E-state index in [0.29, 0.717) is 39.1 Å². The number of aliphatic hydroxyl groups excluding tert-OH is 1. The van der Waals surface area contributed by atoms with E-state index in [1.54, 1.807) is 16.3 Å². The average Bonchev–Trinajstić information content (AvgIpc) is 3.07. The van der Waals surface area contributed by atoms with Gasteiger partial charge in [-0.15, -0.1) is 0 Å². The fraction of sp³-hybridized carbons (Fsp3) is 0.938. The van der Waals surface area contributed by atoms with Crippen LogP contribution in [0.4, 0.5) is 0 Å². The van der Waals surface area contributed by atoms with Crippen molar-refractivity contribution in [1.82, 2.24) is 18.8 Å². The molecule has 9 heteroatoms. The Bertz CT molecular complexity index is 571. The summed E-state index contributed by atoms with van der Waals surface area (Å²) in [6, 6.07) is -0.245. The zero-order valence-corrected chi connectivity index (χ0v) is 15.7. The van der Waals surface area contributed by atoms with E-state index in [1.165, 1.54) is 10.7 Å². The number of piperazine rings is 1. The molecule has 0 radical (unpaired) electrons. The largest absolute Gasteiger partial charge is 0.392 e. The van der Waals surface area contributed by atoms with Crippen LogP contribution < -0.4 is 5.32 Å². The molecule has 0 bridgehead atoms. The molecule has 144 valence electrons. The van der Waals surface area contributed by atoms with Crippen molar-refractivity contribution in [3.63, 3.8) is 0 Å². The highest BCUT2D eigenvalue weighted by Crippen LogP contribution is 2.25. The van der Waals surface area contributed by atoms with Crippen molar-refractivity contribution in [3.8, 4) is 0 Å². The van der Waals surface area contributed by atoms with Crippen LogP contribution in [0.25, 0.3) is 0 Å². The van der Waals surface area contributed by atoms with Gasteiger partial charge in [0, 0.05) is 45.8 Å². The first-order valence-corrected chi connectivity index (χ1v) is 10.7. The number of carbonyl (C=O) groups excluding carboxylic acids is 1. The average molecular weight is 375 g/mol. The summed E-state index contributed by atoms with van der Waals surface area (Å²) in [7, 11) is -1.78. The first-order valence-electron chi connectivity index (χ1n) is 9.33. The van der Waals surface area contributed by atoms with Gasteiger partial charge in [0.1, 0.15) is 0 Å². The van der Waals surface area contributed by atoms with Gasteiger partial charge in [-0.3, -0.25) is 4.79 Å². The molecule has 1 aliphatic carbocycles. The molecule has 1 amide bonds. The lowest BCUT2D eigenvalue weighted by molar-refractivity contribution is -0.134. The van der Waals surface area contributed by atoms with E-state index in [0.717, 1.165) is 25.7 Å². The maximum Gasteiger partial charge on any atom is 0.282 e. The number of rotatable bonds is 4. The Balaban J connectivity index is 1.54. The van der Waals surface area contributed by atoms with Crippen LogP contribution in [-0.4, -0.2) is 90.9 Å². The van der Waals surface area contributed by atoms with Gasteiger partial charge in [-0.1, -0.05) is 19.3 Å². The maximum atomic E-state index is 12.9. The Kier molecular flexibility index (Phi) is 5.99. The molecular formula is C16H30N4O4S. The summed E-state index contributed by atoms with van der Waals surface area (Å²) < 4.78 is 28.8. The van der Waals surface area contributed by atoms with Crippen molar-refractivity contribution < 1.29 is 18.3 Å². The summed E-state index contributed by atoms with van der Waals surface area (Å²) in [6.45, 7) is 1.92. The fourth-order valence-electron chi connectivity index (χ4n) is 4.08. The number of carbonyl (C=O) groups is 1. The summed E-state index contributed by atoms with van der Waals surface area (Å²) in [5.41, 5.74) is 0. The van der Waals surface area contributed by atoms with Crippen molar-refractivity contribution in [2.45, 2.75) is 56.7 Å². The van der Waals surface area contributed by atoms with E-state index in [-0.39, 0.29) is 18.0 Å². The number of nitrogens with zero attached hydrogens (tertiary/aromatic N) is 3. The second-order valence-electron chi connectivity index (χ2n) is 7.39. The molecule has 2 atom stereocenters. The van der Waals surface area contributed by atoms with E-state index in [1.807, 2.05) is 0 Å². The van der Waals surface area contributed by atoms with Gasteiger partial charge >= 0.3 is 0 Å². The third-order valence-electron chi connectivity index (χ3n) is 5.74. The summed E-state index contributed by atoms with van der Waals surface area (Å²) in [5, 5.41) is 12.6. The summed E-state index contributed by atoms with van der Waals surface area (Å²) in [6.07, 6.45) is 5.20. The summed E-state index contributed by atoms with van der Waals surface area (Å²) >= 11 is 0. The first-order chi connectivity index (χ1) is 11.9. The van der Waals surface area contributed by atoms with Crippen molar-refractivity contribution >= 4 is 16.1 Å². The van der Waals surface area contributed by atoms with E-state index >= 15 is 0 Å². The Morgan fingerprint density at radius 2 is 1.76 bits per heavy atom. The molecule has 2 unspecified atom stereocenters. The topological polar surface area (TPSA) is 93.2 Å². The highest BCUT2D eigenvalue weighted by molar-refractivity contribution is 7.86. The molecule has 0 aromatic rings. The van der Waals surface area contributed by atoms with Crippen LogP contribution in [0.1, 0.15) is 38.5 Å². The number of hydrogen-bond donors (Lipinski definition) is 2. The molecule has 0 spiro atoms. The minimum absolute atomic E-state index is 0.0331. The Morgan fingerprint density at radius 1 is 1.12 bits per heavy atom. The molecule has 2 heterocycles. The monoisotopic (exact) mass is 374 g/mol. The van der Waals surface area contributed by atoms with Gasteiger partial charge in [0.05, 0.1) is 12.1 Å². The Labute approximate surface area is 150 Å². The van der Waals surface area contributed by atoms with Gasteiger partial charge in [-0.25, -0.2) is 0 Å². The number of hydrogen-bond acceptors (Lipinski definition) is 5. The molecule has 25 heavy (non-hydrogen) atoms. The summed E-state index contributed by atoms with van der Waals surface area (Å²) in [4.78, 5) is 14.2. The summed E-state index contributed by atoms with van der Waals surface area (Å²) in [5.74, 6) is -0.0331. The van der Waals surface area contributed by atoms with Gasteiger partial charge in [-0.2, -0.15) is 17.0 Å². The standard InChI is InChI=1S/C16H30N4O4S/c1-18(13-5-3-2-4-6-13)25(23,24)20-9-7-19(8-10-20)16(22)15-11-14(21)12-17-15/h13-15,17,21H,2-12H2,1H3. The molecule has 1 saturated carbocycles. The molecule has 8 nitrogen and oxygen atoms in total. The molecule has 2 saturated heterocycles. The van der Waals surface area contributed by atoms with Gasteiger partial charge in [-0.05, 0) is 19.3 Å². The lowest BCUT2D eigenvalue weighted by Crippen LogP contribution is -2.57. The Morgan fingerprint density at radius 3 is 2.32 bits per heavy atom. The minimum Gasteiger partial charge on any atom is -0.392 e. The number of amides is 1. The zero-order valence-electron chi connectivity index (χ0n) is 14.9. The fourth-order valence-corrected chi connectivity index (χ4v) is 5.66. The smallest absolute Gasteiger partial charge is 0.282 e. The van der Waals surface area contributed by atoms with Crippen LogP contribution in [0.15, 0.2) is 0 Å². The van der Waals surface area contributed by atoms with E-state index in [9.17, 15) is 18.3 Å². The quantitative estimate of drug-likeness (QED) is 0.683. The highest BCUT2D eigenvalue weighted by atomic mass is 32.2. The van der Waals surface area contributed by atoms with Gasteiger partial charge < -0.3 is 15.3 Å². The van der Waals surface area contributed by atoms with Gasteiger partial charge in [0.25, 0.3) is 10.2 Å². The Hall–Kier alpha value is -0.740. The molecule has 3 rings (SSSR count). The molecular weight excluding hydrogens is 344 g/mol. The first kappa shape index (κ1) is 19.0. The van der Waals surface area contributed by atoms with Gasteiger partial charge in [0.2, 0.25) is 5.91 Å². The molecule has 0 aromatic carbocycles. The number of nitrogens with one attached hydrogen (secondary N) is 1. The van der Waals surface area contributed by atoms with Crippen molar-refractivity contribution in [2.75, 3.05) is 39.8 Å². The van der Waals surface area contributed by atoms with Crippen LogP contribution in [0.3, 0.4) is 0 Å². The second kappa shape index (κ2) is 7.87. The van der Waals surface area contributed by atoms with Crippen molar-refractivity contribution in [2.24, 2.45) is 0 Å². The van der Waals surface area contributed by atoms with Gasteiger partial charge in [0.15, 0.2) is 0 Å². The molecule has 3 fully saturated rings. The highest BCUT2D eigenvalue weighted by Gasteiger charge is 2.37. The molecule has 3 aliphatic rings. The molecule has 0 aromatic heterocycles. The number of aliphatic hydroxyl groups is 1. The zero-order chi connectivity index (χ0) is 18.0. The molecule has 2 N–H and O–H groups in total. The second-order valence-corrected chi connectivity index (χ2v) is 9.38. The lowest BCUT2D eigenvalue weighted by Gasteiger charge is -2.39.